The normalized spacial score (nSPS) is 21.6. The number of nitrogens with two attached hydrogens (primary N) is 1. The Bertz CT molecular complexity index is 484. The molecular formula is C11H16N2O3S. The summed E-state index contributed by atoms with van der Waals surface area (Å²) in [6.07, 6.45) is 1.65. The van der Waals surface area contributed by atoms with Gasteiger partial charge in [-0.05, 0) is 30.5 Å². The molecule has 1 aliphatic rings. The molecule has 17 heavy (non-hydrogen) atoms. The fourth-order valence-corrected chi connectivity index (χ4v) is 3.17. The van der Waals surface area contributed by atoms with E-state index in [0.717, 1.165) is 24.2 Å². The van der Waals surface area contributed by atoms with Crippen LogP contribution in [0.25, 0.3) is 0 Å². The van der Waals surface area contributed by atoms with Gasteiger partial charge in [-0.15, -0.1) is 0 Å². The second-order valence-corrected chi connectivity index (χ2v) is 5.59. The maximum Gasteiger partial charge on any atom is 0.277 e. The Balaban J connectivity index is 2.26. The van der Waals surface area contributed by atoms with Crippen LogP contribution in [0.15, 0.2) is 24.3 Å². The molecule has 0 amide bonds. The van der Waals surface area contributed by atoms with Crippen LogP contribution in [0.4, 0.5) is 0 Å². The van der Waals surface area contributed by atoms with E-state index in [1.54, 1.807) is 7.11 Å². The van der Waals surface area contributed by atoms with Gasteiger partial charge >= 0.3 is 0 Å². The number of ether oxygens (including phenoxy) is 1. The van der Waals surface area contributed by atoms with Gasteiger partial charge in [0.05, 0.1) is 13.2 Å². The highest BCUT2D eigenvalue weighted by Gasteiger charge is 2.32. The Labute approximate surface area is 101 Å². The first-order valence-corrected chi connectivity index (χ1v) is 6.96. The zero-order valence-electron chi connectivity index (χ0n) is 9.67. The minimum Gasteiger partial charge on any atom is -0.497 e. The first-order chi connectivity index (χ1) is 8.02. The quantitative estimate of drug-likeness (QED) is 0.878. The molecule has 1 aliphatic heterocycles. The number of nitrogens with zero attached hydrogens (tertiary/aromatic N) is 1. The van der Waals surface area contributed by atoms with Gasteiger partial charge < -0.3 is 4.74 Å². The molecule has 0 bridgehead atoms. The Morgan fingerprint density at radius 1 is 1.35 bits per heavy atom. The average Bonchev–Trinajstić information content (AvgIpc) is 2.78. The van der Waals surface area contributed by atoms with E-state index in [1.807, 2.05) is 24.3 Å². The molecule has 1 saturated heterocycles. The molecule has 1 fully saturated rings. The van der Waals surface area contributed by atoms with E-state index in [0.29, 0.717) is 6.54 Å². The minimum absolute atomic E-state index is 0.143. The van der Waals surface area contributed by atoms with Gasteiger partial charge in [-0.1, -0.05) is 12.1 Å². The largest absolute Gasteiger partial charge is 0.497 e. The minimum atomic E-state index is -3.61. The van der Waals surface area contributed by atoms with Crippen molar-refractivity contribution < 1.29 is 13.2 Å². The summed E-state index contributed by atoms with van der Waals surface area (Å²) in [5, 5.41) is 5.20. The van der Waals surface area contributed by atoms with Crippen LogP contribution in [0.2, 0.25) is 0 Å². The van der Waals surface area contributed by atoms with Gasteiger partial charge in [0.15, 0.2) is 0 Å². The summed E-state index contributed by atoms with van der Waals surface area (Å²) in [4.78, 5) is 0. The van der Waals surface area contributed by atoms with E-state index < -0.39 is 10.2 Å². The van der Waals surface area contributed by atoms with E-state index in [9.17, 15) is 8.42 Å². The van der Waals surface area contributed by atoms with Crippen molar-refractivity contribution in [2.45, 2.75) is 18.9 Å². The maximum atomic E-state index is 11.4. The van der Waals surface area contributed by atoms with E-state index in [2.05, 4.69) is 0 Å². The van der Waals surface area contributed by atoms with Crippen LogP contribution in [0.3, 0.4) is 0 Å². The topological polar surface area (TPSA) is 72.6 Å². The number of benzene rings is 1. The summed E-state index contributed by atoms with van der Waals surface area (Å²) in [6.45, 7) is 0.496. The Hall–Kier alpha value is -1.11. The van der Waals surface area contributed by atoms with Crippen LogP contribution in [0.1, 0.15) is 24.4 Å². The Morgan fingerprint density at radius 3 is 2.53 bits per heavy atom. The molecule has 94 valence electrons. The summed E-state index contributed by atoms with van der Waals surface area (Å²) in [5.74, 6) is 0.758. The predicted octanol–water partition coefficient (Wildman–Crippen LogP) is 1.04. The fourth-order valence-electron chi connectivity index (χ4n) is 2.20. The van der Waals surface area contributed by atoms with Crippen molar-refractivity contribution in [2.24, 2.45) is 5.14 Å². The van der Waals surface area contributed by atoms with Crippen LogP contribution in [0.5, 0.6) is 5.75 Å². The van der Waals surface area contributed by atoms with Crippen molar-refractivity contribution in [3.63, 3.8) is 0 Å². The number of hydrogen-bond acceptors (Lipinski definition) is 3. The Kier molecular flexibility index (Phi) is 3.37. The Morgan fingerprint density at radius 2 is 2.00 bits per heavy atom. The fraction of sp³-hybridized carbons (Fsp3) is 0.455. The predicted molar refractivity (Wildman–Crippen MR) is 64.8 cm³/mol. The molecule has 0 saturated carbocycles. The van der Waals surface area contributed by atoms with Gasteiger partial charge in [0.2, 0.25) is 0 Å². The zero-order valence-corrected chi connectivity index (χ0v) is 10.5. The van der Waals surface area contributed by atoms with Crippen LogP contribution in [-0.4, -0.2) is 26.4 Å². The highest BCUT2D eigenvalue weighted by Crippen LogP contribution is 2.33. The smallest absolute Gasteiger partial charge is 0.277 e. The van der Waals surface area contributed by atoms with Crippen molar-refractivity contribution in [1.29, 1.82) is 0 Å². The third-order valence-corrected chi connectivity index (χ3v) is 4.12. The molecule has 1 heterocycles. The first-order valence-electron chi connectivity index (χ1n) is 5.46. The first kappa shape index (κ1) is 12.3. The molecule has 2 rings (SSSR count). The van der Waals surface area contributed by atoms with E-state index in [1.165, 1.54) is 4.31 Å². The van der Waals surface area contributed by atoms with Gasteiger partial charge in [-0.25, -0.2) is 5.14 Å². The van der Waals surface area contributed by atoms with Crippen LogP contribution in [-0.2, 0) is 10.2 Å². The monoisotopic (exact) mass is 256 g/mol. The van der Waals surface area contributed by atoms with Crippen molar-refractivity contribution in [2.75, 3.05) is 13.7 Å². The van der Waals surface area contributed by atoms with Gasteiger partial charge in [0.25, 0.3) is 10.2 Å². The van der Waals surface area contributed by atoms with Gasteiger partial charge in [0, 0.05) is 6.54 Å². The van der Waals surface area contributed by atoms with E-state index in [-0.39, 0.29) is 6.04 Å². The number of methoxy groups -OCH3 is 1. The second-order valence-electron chi connectivity index (χ2n) is 4.09. The van der Waals surface area contributed by atoms with Crippen molar-refractivity contribution >= 4 is 10.2 Å². The maximum absolute atomic E-state index is 11.4. The summed E-state index contributed by atoms with van der Waals surface area (Å²) < 4.78 is 29.3. The summed E-state index contributed by atoms with van der Waals surface area (Å²) in [7, 11) is -2.02. The lowest BCUT2D eigenvalue weighted by molar-refractivity contribution is 0.395. The lowest BCUT2D eigenvalue weighted by Gasteiger charge is -2.22. The average molecular weight is 256 g/mol. The van der Waals surface area contributed by atoms with Gasteiger partial charge in [-0.3, -0.25) is 0 Å². The van der Waals surface area contributed by atoms with Crippen LogP contribution in [0, 0.1) is 0 Å². The standard InChI is InChI=1S/C11H16N2O3S/c1-16-10-6-4-9(5-7-10)11-3-2-8-13(11)17(12,14)15/h4-7,11H,2-3,8H2,1H3,(H2,12,14,15). The molecule has 1 unspecified atom stereocenters. The SMILES string of the molecule is COc1ccc(C2CCCN2S(N)(=O)=O)cc1. The zero-order chi connectivity index (χ0) is 12.5. The highest BCUT2D eigenvalue weighted by molar-refractivity contribution is 7.86. The summed E-state index contributed by atoms with van der Waals surface area (Å²) in [5.41, 5.74) is 0.956. The lowest BCUT2D eigenvalue weighted by atomic mass is 10.1. The van der Waals surface area contributed by atoms with Gasteiger partial charge in [0.1, 0.15) is 5.75 Å². The molecule has 0 spiro atoms. The third kappa shape index (κ3) is 2.59. The van der Waals surface area contributed by atoms with E-state index in [4.69, 9.17) is 9.88 Å². The molecule has 1 aromatic rings. The van der Waals surface area contributed by atoms with Gasteiger partial charge in [-0.2, -0.15) is 12.7 Å². The third-order valence-electron chi connectivity index (χ3n) is 3.03. The van der Waals surface area contributed by atoms with Crippen molar-refractivity contribution in [1.82, 2.24) is 4.31 Å². The highest BCUT2D eigenvalue weighted by atomic mass is 32.2. The van der Waals surface area contributed by atoms with Crippen LogP contribution >= 0.6 is 0 Å². The molecule has 5 nitrogen and oxygen atoms in total. The molecule has 0 radical (unpaired) electrons. The van der Waals surface area contributed by atoms with Crippen molar-refractivity contribution in [3.05, 3.63) is 29.8 Å². The summed E-state index contributed by atoms with van der Waals surface area (Å²) in [6, 6.07) is 7.28. The number of rotatable bonds is 3. The summed E-state index contributed by atoms with van der Waals surface area (Å²) >= 11 is 0. The molecule has 1 atom stereocenters. The molecular weight excluding hydrogens is 240 g/mol. The molecule has 2 N–H and O–H groups in total. The molecule has 1 aromatic carbocycles. The number of hydrogen-bond donors (Lipinski definition) is 1. The van der Waals surface area contributed by atoms with E-state index >= 15 is 0 Å². The molecule has 6 heteroatoms. The second kappa shape index (κ2) is 4.64. The molecule has 0 aliphatic carbocycles. The van der Waals surface area contributed by atoms with Crippen molar-refractivity contribution in [3.8, 4) is 5.75 Å². The van der Waals surface area contributed by atoms with Crippen LogP contribution < -0.4 is 9.88 Å². The lowest BCUT2D eigenvalue weighted by Crippen LogP contribution is -2.36. The molecule has 0 aromatic heterocycles.